The zero-order valence-electron chi connectivity index (χ0n) is 15.5. The second-order valence-electron chi connectivity index (χ2n) is 6.40. The molecule has 2 heterocycles. The summed E-state index contributed by atoms with van der Waals surface area (Å²) in [4.78, 5) is 18.6. The van der Waals surface area contributed by atoms with Crippen LogP contribution in [0.3, 0.4) is 0 Å². The van der Waals surface area contributed by atoms with Gasteiger partial charge in [-0.15, -0.1) is 24.0 Å². The fourth-order valence-electron chi connectivity index (χ4n) is 2.71. The van der Waals surface area contributed by atoms with Gasteiger partial charge in [0.05, 0.1) is 5.69 Å². The number of halogens is 1. The Morgan fingerprint density at radius 1 is 1.48 bits per heavy atom. The van der Waals surface area contributed by atoms with Gasteiger partial charge in [0.2, 0.25) is 5.91 Å². The van der Waals surface area contributed by atoms with Crippen LogP contribution in [0.15, 0.2) is 15.6 Å². The first-order valence-corrected chi connectivity index (χ1v) is 8.81. The zero-order chi connectivity index (χ0) is 17.5. The number of nitrogens with zero attached hydrogens (tertiary/aromatic N) is 3. The minimum absolute atomic E-state index is 0. The quantitative estimate of drug-likeness (QED) is 0.384. The Balaban J connectivity index is 0.00000312. The van der Waals surface area contributed by atoms with E-state index in [1.807, 2.05) is 38.7 Å². The van der Waals surface area contributed by atoms with Crippen molar-refractivity contribution in [2.45, 2.75) is 53.1 Å². The minimum Gasteiger partial charge on any atom is -0.359 e. The number of aryl methyl sites for hydroxylation is 1. The van der Waals surface area contributed by atoms with Gasteiger partial charge in [-0.3, -0.25) is 4.79 Å². The van der Waals surface area contributed by atoms with Crippen molar-refractivity contribution in [2.75, 3.05) is 19.6 Å². The van der Waals surface area contributed by atoms with E-state index in [-0.39, 0.29) is 41.8 Å². The van der Waals surface area contributed by atoms with Crippen molar-refractivity contribution in [3.63, 3.8) is 0 Å². The second-order valence-corrected chi connectivity index (χ2v) is 6.40. The van der Waals surface area contributed by atoms with E-state index < -0.39 is 0 Å². The van der Waals surface area contributed by atoms with Gasteiger partial charge in [0.1, 0.15) is 6.54 Å². The summed E-state index contributed by atoms with van der Waals surface area (Å²) in [6.07, 6.45) is 1.79. The van der Waals surface area contributed by atoms with Gasteiger partial charge in [0, 0.05) is 37.7 Å². The maximum Gasteiger partial charge on any atom is 0.225 e. The number of likely N-dealkylation sites (tertiary alicyclic amines) is 1. The van der Waals surface area contributed by atoms with Crippen molar-refractivity contribution in [1.82, 2.24) is 20.7 Å². The van der Waals surface area contributed by atoms with Crippen molar-refractivity contribution >= 4 is 35.8 Å². The average molecular weight is 463 g/mol. The molecule has 142 valence electrons. The molecule has 0 saturated carbocycles. The number of rotatable bonds is 6. The molecule has 1 aliphatic heterocycles. The Morgan fingerprint density at radius 3 is 2.84 bits per heavy atom. The molecule has 8 heteroatoms. The lowest BCUT2D eigenvalue weighted by molar-refractivity contribution is -0.133. The number of carbonyl (C=O) groups excluding carboxylic acids is 1. The number of aromatic nitrogens is 1. The number of aliphatic imine (C=N–C) groups is 1. The second kappa shape index (κ2) is 10.6. The molecule has 1 amide bonds. The summed E-state index contributed by atoms with van der Waals surface area (Å²) < 4.78 is 5.26. The number of amides is 1. The topological polar surface area (TPSA) is 82.8 Å². The first-order chi connectivity index (χ1) is 11.5. The first-order valence-electron chi connectivity index (χ1n) is 8.81. The molecule has 0 aliphatic carbocycles. The minimum atomic E-state index is 0. The number of carbonyl (C=O) groups is 1. The fraction of sp³-hybridized carbons (Fsp3) is 0.706. The molecule has 1 aromatic heterocycles. The number of hydrogen-bond acceptors (Lipinski definition) is 4. The Bertz CT molecular complexity index is 573. The molecular weight excluding hydrogens is 433 g/mol. The highest BCUT2D eigenvalue weighted by Gasteiger charge is 2.27. The lowest BCUT2D eigenvalue weighted by Crippen LogP contribution is -2.45. The van der Waals surface area contributed by atoms with Crippen molar-refractivity contribution in [2.24, 2.45) is 10.9 Å². The van der Waals surface area contributed by atoms with E-state index in [0.29, 0.717) is 6.54 Å². The Kier molecular flexibility index (Phi) is 9.23. The van der Waals surface area contributed by atoms with Crippen molar-refractivity contribution < 1.29 is 9.32 Å². The monoisotopic (exact) mass is 463 g/mol. The molecule has 1 saturated heterocycles. The Morgan fingerprint density at radius 2 is 2.24 bits per heavy atom. The molecule has 1 fully saturated rings. The van der Waals surface area contributed by atoms with Crippen LogP contribution in [0.5, 0.6) is 0 Å². The summed E-state index contributed by atoms with van der Waals surface area (Å²) in [5, 5.41) is 10.6. The molecule has 1 aliphatic rings. The van der Waals surface area contributed by atoms with Crippen LogP contribution < -0.4 is 10.6 Å². The fourth-order valence-corrected chi connectivity index (χ4v) is 2.71. The lowest BCUT2D eigenvalue weighted by Gasteiger charge is -2.20. The van der Waals surface area contributed by atoms with E-state index in [2.05, 4.69) is 20.8 Å². The van der Waals surface area contributed by atoms with Gasteiger partial charge in [-0.2, -0.15) is 0 Å². The van der Waals surface area contributed by atoms with E-state index in [1.165, 1.54) is 0 Å². The third-order valence-electron chi connectivity index (χ3n) is 4.04. The summed E-state index contributed by atoms with van der Waals surface area (Å²) >= 11 is 0. The summed E-state index contributed by atoms with van der Waals surface area (Å²) in [5.41, 5.74) is 0.941. The molecule has 1 atom stereocenters. The summed E-state index contributed by atoms with van der Waals surface area (Å²) in [6.45, 7) is 10.7. The zero-order valence-corrected chi connectivity index (χ0v) is 17.9. The van der Waals surface area contributed by atoms with Crippen molar-refractivity contribution in [1.29, 1.82) is 0 Å². The van der Waals surface area contributed by atoms with Gasteiger partial charge in [-0.25, -0.2) is 4.99 Å². The standard InChI is InChI=1S/C17H29N5O2.HI/c1-5-13-9-15(24-21-13)10-19-17(18-6-2)20-14-7-8-22(11-14)16(23)12(3)4;/h9,12,14H,5-8,10-11H2,1-4H3,(H2,18,19,20);1H. The van der Waals surface area contributed by atoms with Crippen molar-refractivity contribution in [3.8, 4) is 0 Å². The number of guanidine groups is 1. The van der Waals surface area contributed by atoms with Crippen LogP contribution >= 0.6 is 24.0 Å². The normalized spacial score (nSPS) is 17.6. The van der Waals surface area contributed by atoms with E-state index in [9.17, 15) is 4.79 Å². The van der Waals surface area contributed by atoms with Crippen LogP contribution in [0.25, 0.3) is 0 Å². The molecule has 0 radical (unpaired) electrons. The largest absolute Gasteiger partial charge is 0.359 e. The Hall–Kier alpha value is -1.32. The molecule has 2 N–H and O–H groups in total. The molecule has 2 rings (SSSR count). The molecule has 1 aromatic rings. The Labute approximate surface area is 167 Å². The lowest BCUT2D eigenvalue weighted by atomic mass is 10.2. The van der Waals surface area contributed by atoms with Crippen LogP contribution in [0, 0.1) is 5.92 Å². The van der Waals surface area contributed by atoms with Crippen LogP contribution in [-0.2, 0) is 17.8 Å². The van der Waals surface area contributed by atoms with Gasteiger partial charge >= 0.3 is 0 Å². The van der Waals surface area contributed by atoms with Crippen LogP contribution in [0.2, 0.25) is 0 Å². The predicted octanol–water partition coefficient (Wildman–Crippen LogP) is 2.17. The smallest absolute Gasteiger partial charge is 0.225 e. The van der Waals surface area contributed by atoms with Gasteiger partial charge in [-0.1, -0.05) is 25.9 Å². The van der Waals surface area contributed by atoms with Gasteiger partial charge in [0.15, 0.2) is 11.7 Å². The maximum atomic E-state index is 12.1. The van der Waals surface area contributed by atoms with Crippen LogP contribution in [-0.4, -0.2) is 47.6 Å². The van der Waals surface area contributed by atoms with Crippen LogP contribution in [0.1, 0.15) is 45.6 Å². The van der Waals surface area contributed by atoms with E-state index in [1.54, 1.807) is 0 Å². The van der Waals surface area contributed by atoms with Gasteiger partial charge < -0.3 is 20.1 Å². The van der Waals surface area contributed by atoms with Gasteiger partial charge in [-0.05, 0) is 19.8 Å². The average Bonchev–Trinajstić information content (AvgIpc) is 3.21. The highest BCUT2D eigenvalue weighted by Crippen LogP contribution is 2.13. The van der Waals surface area contributed by atoms with E-state index in [4.69, 9.17) is 4.52 Å². The number of nitrogens with one attached hydrogen (secondary N) is 2. The number of hydrogen-bond donors (Lipinski definition) is 2. The van der Waals surface area contributed by atoms with E-state index >= 15 is 0 Å². The molecule has 0 aromatic carbocycles. The highest BCUT2D eigenvalue weighted by atomic mass is 127. The van der Waals surface area contributed by atoms with Crippen LogP contribution in [0.4, 0.5) is 0 Å². The first kappa shape index (κ1) is 21.7. The third kappa shape index (κ3) is 6.48. The van der Waals surface area contributed by atoms with Gasteiger partial charge in [0.25, 0.3) is 0 Å². The summed E-state index contributed by atoms with van der Waals surface area (Å²) in [7, 11) is 0. The molecule has 0 bridgehead atoms. The summed E-state index contributed by atoms with van der Waals surface area (Å²) in [5.74, 6) is 1.77. The molecular formula is C17H30IN5O2. The molecule has 1 unspecified atom stereocenters. The van der Waals surface area contributed by atoms with E-state index in [0.717, 1.165) is 49.9 Å². The maximum absolute atomic E-state index is 12.1. The molecule has 7 nitrogen and oxygen atoms in total. The third-order valence-corrected chi connectivity index (χ3v) is 4.04. The predicted molar refractivity (Wildman–Crippen MR) is 109 cm³/mol. The molecule has 25 heavy (non-hydrogen) atoms. The highest BCUT2D eigenvalue weighted by molar-refractivity contribution is 14.0. The molecule has 0 spiro atoms. The summed E-state index contributed by atoms with van der Waals surface area (Å²) in [6, 6.07) is 2.16. The van der Waals surface area contributed by atoms with Crippen molar-refractivity contribution in [3.05, 3.63) is 17.5 Å². The SMILES string of the molecule is CCNC(=NCc1cc(CC)no1)NC1CCN(C(=O)C(C)C)C1.I.